The molecule has 4 aromatic rings. The molecule has 0 amide bonds. The topological polar surface area (TPSA) is 75.0 Å². The van der Waals surface area contributed by atoms with E-state index >= 15 is 0 Å². The van der Waals surface area contributed by atoms with Crippen molar-refractivity contribution in [1.82, 2.24) is 0 Å². The van der Waals surface area contributed by atoms with Crippen LogP contribution < -0.4 is 19.6 Å². The predicted octanol–water partition coefficient (Wildman–Crippen LogP) is 4.84. The van der Waals surface area contributed by atoms with Gasteiger partial charge < -0.3 is 18.6 Å². The fourth-order valence-electron chi connectivity index (χ4n) is 3.13. The lowest BCUT2D eigenvalue weighted by molar-refractivity contribution is 0.0735. The fourth-order valence-corrected chi connectivity index (χ4v) is 3.13. The lowest BCUT2D eigenvalue weighted by atomic mass is 10.0. The molecule has 4 rings (SSSR count). The van der Waals surface area contributed by atoms with Gasteiger partial charge in [0, 0.05) is 6.07 Å². The van der Waals surface area contributed by atoms with Crippen LogP contribution in [0.2, 0.25) is 0 Å². The van der Waals surface area contributed by atoms with Gasteiger partial charge in [-0.25, -0.2) is 9.18 Å². The normalized spacial score (nSPS) is 10.7. The van der Waals surface area contributed by atoms with Crippen LogP contribution in [0.15, 0.2) is 76.1 Å². The van der Waals surface area contributed by atoms with Crippen molar-refractivity contribution in [2.75, 3.05) is 14.2 Å². The molecule has 0 radical (unpaired) electrons. The Morgan fingerprint density at radius 3 is 2.35 bits per heavy atom. The van der Waals surface area contributed by atoms with Gasteiger partial charge in [0.05, 0.1) is 30.7 Å². The van der Waals surface area contributed by atoms with E-state index < -0.39 is 11.8 Å². The smallest absolute Gasteiger partial charge is 0.343 e. The van der Waals surface area contributed by atoms with Crippen molar-refractivity contribution >= 4 is 16.9 Å². The highest BCUT2D eigenvalue weighted by molar-refractivity contribution is 5.91. The number of halogens is 1. The Hall–Kier alpha value is -4.13. The van der Waals surface area contributed by atoms with Gasteiger partial charge in [-0.3, -0.25) is 4.79 Å². The third-order valence-electron chi connectivity index (χ3n) is 4.73. The first-order valence-electron chi connectivity index (χ1n) is 9.26. The number of carbonyl (C=O) groups is 1. The predicted molar refractivity (Wildman–Crippen MR) is 112 cm³/mol. The van der Waals surface area contributed by atoms with Crippen molar-refractivity contribution < 1.29 is 27.8 Å². The van der Waals surface area contributed by atoms with E-state index in [-0.39, 0.29) is 22.3 Å². The van der Waals surface area contributed by atoms with Crippen LogP contribution in [0.5, 0.6) is 17.2 Å². The first-order valence-corrected chi connectivity index (χ1v) is 9.26. The van der Waals surface area contributed by atoms with Gasteiger partial charge in [0.2, 0.25) is 0 Å². The van der Waals surface area contributed by atoms with Crippen LogP contribution in [-0.4, -0.2) is 20.2 Å². The lowest BCUT2D eigenvalue weighted by Gasteiger charge is -2.10. The summed E-state index contributed by atoms with van der Waals surface area (Å²) in [4.78, 5) is 25.2. The van der Waals surface area contributed by atoms with Crippen LogP contribution in [-0.2, 0) is 0 Å². The van der Waals surface area contributed by atoms with Gasteiger partial charge in [0.25, 0.3) is 0 Å². The van der Waals surface area contributed by atoms with Gasteiger partial charge in [0.15, 0.2) is 16.9 Å². The van der Waals surface area contributed by atoms with Crippen molar-refractivity contribution in [3.05, 3.63) is 88.5 Å². The highest BCUT2D eigenvalue weighted by Gasteiger charge is 2.14. The number of hydrogen-bond acceptors (Lipinski definition) is 6. The average molecular weight is 420 g/mol. The van der Waals surface area contributed by atoms with Crippen LogP contribution in [0.3, 0.4) is 0 Å². The third-order valence-corrected chi connectivity index (χ3v) is 4.73. The first kappa shape index (κ1) is 20.2. The molecule has 0 saturated carbocycles. The minimum atomic E-state index is -0.649. The highest BCUT2D eigenvalue weighted by Crippen LogP contribution is 2.32. The molecule has 0 aliphatic heterocycles. The molecule has 156 valence electrons. The maximum absolute atomic E-state index is 13.0. The van der Waals surface area contributed by atoms with E-state index in [1.807, 2.05) is 0 Å². The molecule has 0 saturated heterocycles. The zero-order chi connectivity index (χ0) is 22.0. The SMILES string of the molecule is COc1ccc(-c2coc3cc(OC(=O)c4ccc(F)cc4)ccc3c2=O)cc1OC. The van der Waals surface area contributed by atoms with Crippen LogP contribution in [0.4, 0.5) is 4.39 Å². The summed E-state index contributed by atoms with van der Waals surface area (Å²) >= 11 is 0. The minimum Gasteiger partial charge on any atom is -0.493 e. The summed E-state index contributed by atoms with van der Waals surface area (Å²) in [7, 11) is 3.04. The monoisotopic (exact) mass is 420 g/mol. The number of rotatable bonds is 5. The van der Waals surface area contributed by atoms with E-state index in [1.54, 1.807) is 18.2 Å². The Morgan fingerprint density at radius 2 is 1.65 bits per heavy atom. The molecular formula is C24H17FO6. The van der Waals surface area contributed by atoms with Gasteiger partial charge in [0.1, 0.15) is 23.4 Å². The van der Waals surface area contributed by atoms with Crippen molar-refractivity contribution in [2.45, 2.75) is 0 Å². The molecule has 7 heteroatoms. The molecule has 1 heterocycles. The number of methoxy groups -OCH3 is 2. The van der Waals surface area contributed by atoms with Gasteiger partial charge in [-0.15, -0.1) is 0 Å². The zero-order valence-electron chi connectivity index (χ0n) is 16.7. The van der Waals surface area contributed by atoms with Crippen LogP contribution in [0.1, 0.15) is 10.4 Å². The standard InChI is InChI=1S/C24H17FO6/c1-28-20-10-5-15(11-22(20)29-2)19-13-30-21-12-17(8-9-18(21)23(19)26)31-24(27)14-3-6-16(25)7-4-14/h3-13H,1-2H3. The summed E-state index contributed by atoms with van der Waals surface area (Å²) in [5.74, 6) is 0.133. The van der Waals surface area contributed by atoms with Gasteiger partial charge >= 0.3 is 5.97 Å². The molecule has 0 unspecified atom stereocenters. The van der Waals surface area contributed by atoms with Crippen LogP contribution in [0, 0.1) is 5.82 Å². The van der Waals surface area contributed by atoms with Crippen molar-refractivity contribution in [2.24, 2.45) is 0 Å². The minimum absolute atomic E-state index is 0.198. The number of esters is 1. The highest BCUT2D eigenvalue weighted by atomic mass is 19.1. The molecular weight excluding hydrogens is 403 g/mol. The molecule has 31 heavy (non-hydrogen) atoms. The summed E-state index contributed by atoms with van der Waals surface area (Å²) in [6.07, 6.45) is 1.34. The Balaban J connectivity index is 1.66. The molecule has 0 aliphatic carbocycles. The quantitative estimate of drug-likeness (QED) is 0.340. The molecule has 1 aromatic heterocycles. The Labute approximate surface area is 176 Å². The van der Waals surface area contributed by atoms with E-state index in [9.17, 15) is 14.0 Å². The average Bonchev–Trinajstić information content (AvgIpc) is 2.79. The van der Waals surface area contributed by atoms with E-state index in [1.165, 1.54) is 62.9 Å². The second-order valence-electron chi connectivity index (χ2n) is 6.60. The van der Waals surface area contributed by atoms with Crippen molar-refractivity contribution in [3.8, 4) is 28.4 Å². The molecule has 0 bridgehead atoms. The van der Waals surface area contributed by atoms with Gasteiger partial charge in [-0.1, -0.05) is 6.07 Å². The van der Waals surface area contributed by atoms with E-state index in [4.69, 9.17) is 18.6 Å². The van der Waals surface area contributed by atoms with E-state index in [2.05, 4.69) is 0 Å². The number of carbonyl (C=O) groups excluding carboxylic acids is 1. The zero-order valence-corrected chi connectivity index (χ0v) is 16.7. The van der Waals surface area contributed by atoms with Crippen molar-refractivity contribution in [3.63, 3.8) is 0 Å². The van der Waals surface area contributed by atoms with E-state index in [0.29, 0.717) is 28.0 Å². The maximum atomic E-state index is 13.0. The maximum Gasteiger partial charge on any atom is 0.343 e. The summed E-state index contributed by atoms with van der Waals surface area (Å²) in [5, 5.41) is 0.328. The molecule has 0 aliphatic rings. The fraction of sp³-hybridized carbons (Fsp3) is 0.0833. The molecule has 0 fully saturated rings. The molecule has 0 spiro atoms. The number of benzene rings is 3. The van der Waals surface area contributed by atoms with Gasteiger partial charge in [-0.2, -0.15) is 0 Å². The lowest BCUT2D eigenvalue weighted by Crippen LogP contribution is -2.09. The summed E-state index contributed by atoms with van der Waals surface area (Å²) < 4.78 is 34.5. The largest absolute Gasteiger partial charge is 0.493 e. The first-order chi connectivity index (χ1) is 15.0. The second-order valence-corrected chi connectivity index (χ2v) is 6.60. The molecule has 6 nitrogen and oxygen atoms in total. The Morgan fingerprint density at radius 1 is 0.903 bits per heavy atom. The van der Waals surface area contributed by atoms with Crippen LogP contribution >= 0.6 is 0 Å². The van der Waals surface area contributed by atoms with Crippen molar-refractivity contribution in [1.29, 1.82) is 0 Å². The second kappa shape index (κ2) is 8.31. The number of ether oxygens (including phenoxy) is 3. The molecule has 3 aromatic carbocycles. The van der Waals surface area contributed by atoms with Crippen LogP contribution in [0.25, 0.3) is 22.1 Å². The third kappa shape index (κ3) is 3.98. The number of fused-ring (bicyclic) bond motifs is 1. The molecule has 0 atom stereocenters. The Kier molecular flexibility index (Phi) is 5.41. The summed E-state index contributed by atoms with van der Waals surface area (Å²) in [6, 6.07) is 14.6. The molecule has 0 N–H and O–H groups in total. The van der Waals surface area contributed by atoms with Gasteiger partial charge in [-0.05, 0) is 54.1 Å². The summed E-state index contributed by atoms with van der Waals surface area (Å²) in [6.45, 7) is 0. The Bertz CT molecular complexity index is 1320. The summed E-state index contributed by atoms with van der Waals surface area (Å²) in [5.41, 5.74) is 1.18. The number of hydrogen-bond donors (Lipinski definition) is 0. The van der Waals surface area contributed by atoms with E-state index in [0.717, 1.165) is 0 Å².